The van der Waals surface area contributed by atoms with Gasteiger partial charge in [0, 0.05) is 19.1 Å². The zero-order valence-corrected chi connectivity index (χ0v) is 10.8. The van der Waals surface area contributed by atoms with Gasteiger partial charge in [0.05, 0.1) is 24.3 Å². The van der Waals surface area contributed by atoms with E-state index in [2.05, 4.69) is 10.3 Å². The molecule has 2 heterocycles. The number of nitrogens with zero attached hydrogens (tertiary/aromatic N) is 3. The summed E-state index contributed by atoms with van der Waals surface area (Å²) in [7, 11) is 1.40. The molecule has 0 aromatic carbocycles. The lowest BCUT2D eigenvalue weighted by Crippen LogP contribution is -2.30. The van der Waals surface area contributed by atoms with Gasteiger partial charge in [-0.25, -0.2) is 9.78 Å². The van der Waals surface area contributed by atoms with E-state index < -0.39 is 11.0 Å². The molecular weight excluding hydrogens is 268 g/mol. The summed E-state index contributed by atoms with van der Waals surface area (Å²) in [6, 6.07) is 1.09. The van der Waals surface area contributed by atoms with Gasteiger partial charge in [-0.05, 0) is 6.42 Å². The van der Waals surface area contributed by atoms with Gasteiger partial charge in [0.25, 0.3) is 0 Å². The first-order chi connectivity index (χ1) is 9.51. The molecule has 108 valence electrons. The van der Waals surface area contributed by atoms with E-state index >= 15 is 0 Å². The number of aromatic nitrogens is 1. The predicted octanol–water partition coefficient (Wildman–Crippen LogP) is 1.16. The summed E-state index contributed by atoms with van der Waals surface area (Å²) in [5.74, 6) is 0.411. The Kier molecular flexibility index (Phi) is 3.87. The number of anilines is 1. The Morgan fingerprint density at radius 3 is 3.00 bits per heavy atom. The van der Waals surface area contributed by atoms with Crippen LogP contribution < -0.4 is 10.1 Å². The molecule has 9 heteroatoms. The number of carboxylic acid groups (broad SMARTS) is 1. The minimum atomic E-state index is -0.994. The van der Waals surface area contributed by atoms with Crippen LogP contribution in [0.1, 0.15) is 6.42 Å². The molecule has 2 N–H and O–H groups in total. The molecule has 2 rings (SSSR count). The van der Waals surface area contributed by atoms with Crippen molar-refractivity contribution in [3.63, 3.8) is 0 Å². The van der Waals surface area contributed by atoms with E-state index in [1.807, 2.05) is 0 Å². The van der Waals surface area contributed by atoms with Gasteiger partial charge < -0.3 is 20.1 Å². The summed E-state index contributed by atoms with van der Waals surface area (Å²) < 4.78 is 4.90. The third kappa shape index (κ3) is 2.87. The molecule has 0 bridgehead atoms. The van der Waals surface area contributed by atoms with Crippen molar-refractivity contribution in [1.29, 1.82) is 0 Å². The Balaban J connectivity index is 2.13. The molecule has 9 nitrogen and oxygen atoms in total. The van der Waals surface area contributed by atoms with E-state index in [1.54, 1.807) is 0 Å². The van der Waals surface area contributed by atoms with Crippen molar-refractivity contribution in [3.8, 4) is 5.75 Å². The third-order valence-electron chi connectivity index (χ3n) is 3.07. The standard InChI is InChI=1S/C11H14N4O5/c1-20-8-4-9(15(18)19)10(12-5-8)13-7-2-3-14(6-7)11(16)17/h4-5,7H,2-3,6H2,1H3,(H,12,13)(H,16,17)/t7-/m0/s1. The number of methoxy groups -OCH3 is 1. The number of ether oxygens (including phenoxy) is 1. The van der Waals surface area contributed by atoms with Crippen LogP contribution in [0, 0.1) is 10.1 Å². The summed E-state index contributed by atoms with van der Waals surface area (Å²) >= 11 is 0. The molecule has 1 atom stereocenters. The molecule has 1 aromatic heterocycles. The van der Waals surface area contributed by atoms with Crippen LogP contribution in [-0.4, -0.2) is 52.2 Å². The maximum absolute atomic E-state index is 11.0. The van der Waals surface area contributed by atoms with Gasteiger partial charge in [-0.3, -0.25) is 10.1 Å². The lowest BCUT2D eigenvalue weighted by molar-refractivity contribution is -0.384. The SMILES string of the molecule is COc1cnc(N[C@H]2CCN(C(=O)O)C2)c([N+](=O)[O-])c1. The van der Waals surface area contributed by atoms with Crippen LogP contribution in [0.25, 0.3) is 0 Å². The molecule has 20 heavy (non-hydrogen) atoms. The fourth-order valence-corrected chi connectivity index (χ4v) is 2.04. The number of amides is 1. The van der Waals surface area contributed by atoms with Crippen molar-refractivity contribution >= 4 is 17.6 Å². The summed E-state index contributed by atoms with van der Waals surface area (Å²) in [6.45, 7) is 0.678. The fraction of sp³-hybridized carbons (Fsp3) is 0.455. The third-order valence-corrected chi connectivity index (χ3v) is 3.07. The average Bonchev–Trinajstić information content (AvgIpc) is 2.87. The zero-order chi connectivity index (χ0) is 14.7. The number of nitro groups is 1. The van der Waals surface area contributed by atoms with Crippen LogP contribution in [0.3, 0.4) is 0 Å². The first-order valence-electron chi connectivity index (χ1n) is 5.94. The molecule has 0 unspecified atom stereocenters. The summed E-state index contributed by atoms with van der Waals surface area (Å²) in [6.07, 6.45) is 0.961. The van der Waals surface area contributed by atoms with E-state index in [0.717, 1.165) is 0 Å². The number of carbonyl (C=O) groups is 1. The number of likely N-dealkylation sites (tertiary alicyclic amines) is 1. The minimum absolute atomic E-state index is 0.119. The Labute approximate surface area is 114 Å². The Hall–Kier alpha value is -2.58. The summed E-state index contributed by atoms with van der Waals surface area (Å²) in [4.78, 5) is 26.5. The second kappa shape index (κ2) is 5.59. The predicted molar refractivity (Wildman–Crippen MR) is 69.1 cm³/mol. The highest BCUT2D eigenvalue weighted by molar-refractivity contribution is 5.66. The Morgan fingerprint density at radius 2 is 2.45 bits per heavy atom. The molecule has 1 saturated heterocycles. The Bertz CT molecular complexity index is 536. The monoisotopic (exact) mass is 282 g/mol. The van der Waals surface area contributed by atoms with Gasteiger partial charge in [0.2, 0.25) is 5.82 Å². The van der Waals surface area contributed by atoms with Crippen molar-refractivity contribution in [2.45, 2.75) is 12.5 Å². The summed E-state index contributed by atoms with van der Waals surface area (Å²) in [5.41, 5.74) is -0.196. The van der Waals surface area contributed by atoms with E-state index in [1.165, 1.54) is 24.3 Å². The second-order valence-electron chi connectivity index (χ2n) is 4.36. The van der Waals surface area contributed by atoms with Gasteiger partial charge in [-0.1, -0.05) is 0 Å². The molecule has 0 saturated carbocycles. The molecule has 0 radical (unpaired) electrons. The first-order valence-corrected chi connectivity index (χ1v) is 5.94. The maximum Gasteiger partial charge on any atom is 0.407 e. The molecule has 1 aliphatic heterocycles. The molecule has 1 amide bonds. The van der Waals surface area contributed by atoms with Crippen molar-refractivity contribution in [3.05, 3.63) is 22.4 Å². The van der Waals surface area contributed by atoms with E-state index in [0.29, 0.717) is 18.7 Å². The Morgan fingerprint density at radius 1 is 1.70 bits per heavy atom. The maximum atomic E-state index is 11.0. The molecule has 1 fully saturated rings. The van der Waals surface area contributed by atoms with Gasteiger partial charge in [0.15, 0.2) is 0 Å². The van der Waals surface area contributed by atoms with E-state index in [-0.39, 0.29) is 24.1 Å². The highest BCUT2D eigenvalue weighted by Gasteiger charge is 2.28. The average molecular weight is 282 g/mol. The van der Waals surface area contributed by atoms with Gasteiger partial charge in [-0.15, -0.1) is 0 Å². The van der Waals surface area contributed by atoms with Gasteiger partial charge in [-0.2, -0.15) is 0 Å². The van der Waals surface area contributed by atoms with E-state index in [4.69, 9.17) is 9.84 Å². The van der Waals surface area contributed by atoms with Crippen LogP contribution in [0.2, 0.25) is 0 Å². The molecule has 0 spiro atoms. The summed E-state index contributed by atoms with van der Waals surface area (Å²) in [5, 5.41) is 22.8. The van der Waals surface area contributed by atoms with Crippen molar-refractivity contribution < 1.29 is 19.6 Å². The zero-order valence-electron chi connectivity index (χ0n) is 10.8. The first kappa shape index (κ1) is 13.8. The molecule has 0 aliphatic carbocycles. The molecular formula is C11H14N4O5. The topological polar surface area (TPSA) is 118 Å². The fourth-order valence-electron chi connectivity index (χ4n) is 2.04. The number of rotatable bonds is 4. The van der Waals surface area contributed by atoms with Crippen LogP contribution >= 0.6 is 0 Å². The van der Waals surface area contributed by atoms with Crippen LogP contribution in [0.4, 0.5) is 16.3 Å². The van der Waals surface area contributed by atoms with Gasteiger partial charge in [0.1, 0.15) is 5.75 Å². The lowest BCUT2D eigenvalue weighted by Gasteiger charge is -2.14. The second-order valence-corrected chi connectivity index (χ2v) is 4.36. The largest absolute Gasteiger partial charge is 0.495 e. The van der Waals surface area contributed by atoms with Crippen LogP contribution in [0.15, 0.2) is 12.3 Å². The van der Waals surface area contributed by atoms with Gasteiger partial charge >= 0.3 is 11.8 Å². The van der Waals surface area contributed by atoms with Crippen LogP contribution in [-0.2, 0) is 0 Å². The molecule has 1 aromatic rings. The molecule has 1 aliphatic rings. The quantitative estimate of drug-likeness (QED) is 0.628. The van der Waals surface area contributed by atoms with Crippen molar-refractivity contribution in [2.75, 3.05) is 25.5 Å². The lowest BCUT2D eigenvalue weighted by atomic mass is 10.2. The van der Waals surface area contributed by atoms with E-state index in [9.17, 15) is 14.9 Å². The highest BCUT2D eigenvalue weighted by atomic mass is 16.6. The number of pyridine rings is 1. The number of hydrogen-bond donors (Lipinski definition) is 2. The number of nitrogens with one attached hydrogen (secondary N) is 1. The van der Waals surface area contributed by atoms with Crippen molar-refractivity contribution in [1.82, 2.24) is 9.88 Å². The number of hydrogen-bond acceptors (Lipinski definition) is 6. The smallest absolute Gasteiger partial charge is 0.407 e. The normalized spacial score (nSPS) is 17.9. The minimum Gasteiger partial charge on any atom is -0.495 e. The van der Waals surface area contributed by atoms with Crippen molar-refractivity contribution in [2.24, 2.45) is 0 Å². The highest BCUT2D eigenvalue weighted by Crippen LogP contribution is 2.27. The van der Waals surface area contributed by atoms with Crippen LogP contribution in [0.5, 0.6) is 5.75 Å².